The van der Waals surface area contributed by atoms with Crippen LogP contribution >= 0.6 is 11.6 Å². The fourth-order valence-corrected chi connectivity index (χ4v) is 1.77. The maximum atomic E-state index is 11.8. The van der Waals surface area contributed by atoms with Crippen LogP contribution in [0.1, 0.15) is 25.3 Å². The van der Waals surface area contributed by atoms with Gasteiger partial charge in [0.1, 0.15) is 0 Å². The van der Waals surface area contributed by atoms with Crippen molar-refractivity contribution in [2.45, 2.75) is 26.3 Å². The summed E-state index contributed by atoms with van der Waals surface area (Å²) in [6.07, 6.45) is 1.40. The molecular weight excluding hydrogens is 222 g/mol. The van der Waals surface area contributed by atoms with Crippen molar-refractivity contribution in [2.24, 2.45) is 0 Å². The molecule has 1 aromatic rings. The second-order valence-electron chi connectivity index (χ2n) is 3.74. The number of amides is 1. The van der Waals surface area contributed by atoms with Crippen molar-refractivity contribution in [3.8, 4) is 0 Å². The van der Waals surface area contributed by atoms with Crippen molar-refractivity contribution < 1.29 is 4.79 Å². The van der Waals surface area contributed by atoms with E-state index in [2.05, 4.69) is 6.92 Å². The highest BCUT2D eigenvalue weighted by atomic mass is 35.5. The van der Waals surface area contributed by atoms with E-state index in [4.69, 9.17) is 11.6 Å². The first-order chi connectivity index (χ1) is 7.77. The third-order valence-electron chi connectivity index (χ3n) is 2.37. The van der Waals surface area contributed by atoms with Crippen LogP contribution in [-0.2, 0) is 11.3 Å². The van der Waals surface area contributed by atoms with Gasteiger partial charge in [0.25, 0.3) is 0 Å². The van der Waals surface area contributed by atoms with Crippen molar-refractivity contribution in [3.63, 3.8) is 0 Å². The van der Waals surface area contributed by atoms with Gasteiger partial charge >= 0.3 is 0 Å². The Kier molecular flexibility index (Phi) is 5.94. The van der Waals surface area contributed by atoms with E-state index in [1.54, 1.807) is 0 Å². The third kappa shape index (κ3) is 4.23. The molecule has 1 aromatic carbocycles. The van der Waals surface area contributed by atoms with Crippen LogP contribution in [0.25, 0.3) is 0 Å². The Bertz CT molecular complexity index is 313. The molecular formula is C13H18ClNO. The molecule has 0 spiro atoms. The lowest BCUT2D eigenvalue weighted by molar-refractivity contribution is -0.131. The molecule has 0 heterocycles. The maximum absolute atomic E-state index is 11.8. The average Bonchev–Trinajstić information content (AvgIpc) is 2.30. The summed E-state index contributed by atoms with van der Waals surface area (Å²) in [5.74, 6) is 0.536. The molecule has 0 atom stereocenters. The number of hydrogen-bond donors (Lipinski definition) is 0. The van der Waals surface area contributed by atoms with E-state index < -0.39 is 0 Å². The number of rotatable bonds is 6. The zero-order valence-corrected chi connectivity index (χ0v) is 10.4. The van der Waals surface area contributed by atoms with Crippen LogP contribution in [0.2, 0.25) is 0 Å². The fraction of sp³-hybridized carbons (Fsp3) is 0.462. The minimum absolute atomic E-state index is 0.140. The van der Waals surface area contributed by atoms with Crippen LogP contribution in [0.3, 0.4) is 0 Å². The van der Waals surface area contributed by atoms with Gasteiger partial charge in [-0.05, 0) is 12.0 Å². The lowest BCUT2D eigenvalue weighted by Crippen LogP contribution is -2.31. The van der Waals surface area contributed by atoms with Gasteiger partial charge in [-0.25, -0.2) is 0 Å². The molecule has 1 rings (SSSR count). The second kappa shape index (κ2) is 7.29. The minimum Gasteiger partial charge on any atom is -0.338 e. The van der Waals surface area contributed by atoms with Crippen LogP contribution < -0.4 is 0 Å². The Balaban J connectivity index is 2.60. The number of carbonyl (C=O) groups excluding carboxylic acids is 1. The molecule has 88 valence electrons. The average molecular weight is 240 g/mol. The number of hydrogen-bond acceptors (Lipinski definition) is 1. The fourth-order valence-electron chi connectivity index (χ4n) is 1.60. The first kappa shape index (κ1) is 13.0. The van der Waals surface area contributed by atoms with Crippen LogP contribution in [0.4, 0.5) is 0 Å². The quantitative estimate of drug-likeness (QED) is 0.699. The van der Waals surface area contributed by atoms with Crippen molar-refractivity contribution in [2.75, 3.05) is 12.4 Å². The molecule has 0 saturated heterocycles. The Morgan fingerprint density at radius 1 is 1.31 bits per heavy atom. The highest BCUT2D eigenvalue weighted by molar-refractivity contribution is 6.18. The van der Waals surface area contributed by atoms with Crippen LogP contribution in [-0.4, -0.2) is 23.2 Å². The smallest absolute Gasteiger partial charge is 0.224 e. The highest BCUT2D eigenvalue weighted by Crippen LogP contribution is 2.07. The molecule has 0 aromatic heterocycles. The Labute approximate surface area is 102 Å². The van der Waals surface area contributed by atoms with Crippen molar-refractivity contribution >= 4 is 17.5 Å². The predicted molar refractivity (Wildman–Crippen MR) is 67.5 cm³/mol. The zero-order valence-electron chi connectivity index (χ0n) is 9.66. The number of benzene rings is 1. The van der Waals surface area contributed by atoms with E-state index in [9.17, 15) is 4.79 Å². The van der Waals surface area contributed by atoms with Crippen LogP contribution in [0.5, 0.6) is 0 Å². The molecule has 0 aliphatic carbocycles. The number of alkyl halides is 1. The molecule has 0 fully saturated rings. The zero-order chi connectivity index (χ0) is 11.8. The summed E-state index contributed by atoms with van der Waals surface area (Å²) in [7, 11) is 0. The first-order valence-corrected chi connectivity index (χ1v) is 6.19. The molecule has 3 heteroatoms. The molecule has 0 radical (unpaired) electrons. The Morgan fingerprint density at radius 2 is 2.00 bits per heavy atom. The molecule has 2 nitrogen and oxygen atoms in total. The van der Waals surface area contributed by atoms with Crippen LogP contribution in [0, 0.1) is 0 Å². The summed E-state index contributed by atoms with van der Waals surface area (Å²) in [5, 5.41) is 0. The van der Waals surface area contributed by atoms with Crippen molar-refractivity contribution in [1.82, 2.24) is 4.90 Å². The monoisotopic (exact) mass is 239 g/mol. The highest BCUT2D eigenvalue weighted by Gasteiger charge is 2.11. The third-order valence-corrected chi connectivity index (χ3v) is 2.56. The molecule has 0 unspecified atom stereocenters. The number of halogens is 1. The lowest BCUT2D eigenvalue weighted by Gasteiger charge is -2.21. The van der Waals surface area contributed by atoms with Gasteiger partial charge in [-0.15, -0.1) is 11.6 Å². The van der Waals surface area contributed by atoms with E-state index in [1.807, 2.05) is 35.2 Å². The van der Waals surface area contributed by atoms with E-state index >= 15 is 0 Å². The topological polar surface area (TPSA) is 20.3 Å². The summed E-state index contributed by atoms with van der Waals surface area (Å²) in [4.78, 5) is 13.7. The second-order valence-corrected chi connectivity index (χ2v) is 4.12. The summed E-state index contributed by atoms with van der Waals surface area (Å²) >= 11 is 5.60. The minimum atomic E-state index is 0.140. The molecule has 0 aliphatic heterocycles. The van der Waals surface area contributed by atoms with E-state index in [0.29, 0.717) is 18.8 Å². The molecule has 16 heavy (non-hydrogen) atoms. The SMILES string of the molecule is CCCN(Cc1ccccc1)C(=O)CCCl. The van der Waals surface area contributed by atoms with E-state index in [1.165, 1.54) is 5.56 Å². The molecule has 0 saturated carbocycles. The summed E-state index contributed by atoms with van der Waals surface area (Å²) in [6.45, 7) is 3.56. The van der Waals surface area contributed by atoms with Crippen molar-refractivity contribution in [1.29, 1.82) is 0 Å². The van der Waals surface area contributed by atoms with Crippen molar-refractivity contribution in [3.05, 3.63) is 35.9 Å². The van der Waals surface area contributed by atoms with Crippen LogP contribution in [0.15, 0.2) is 30.3 Å². The van der Waals surface area contributed by atoms with Gasteiger partial charge in [-0.2, -0.15) is 0 Å². The van der Waals surface area contributed by atoms with Gasteiger partial charge in [-0.1, -0.05) is 37.3 Å². The number of nitrogens with zero attached hydrogens (tertiary/aromatic N) is 1. The predicted octanol–water partition coefficient (Wildman–Crippen LogP) is 3.05. The molecule has 0 N–H and O–H groups in total. The first-order valence-electron chi connectivity index (χ1n) is 5.65. The largest absolute Gasteiger partial charge is 0.338 e. The van der Waals surface area contributed by atoms with E-state index in [0.717, 1.165) is 13.0 Å². The normalized spacial score (nSPS) is 10.1. The van der Waals surface area contributed by atoms with Gasteiger partial charge in [0, 0.05) is 25.4 Å². The molecule has 1 amide bonds. The standard InChI is InChI=1S/C13H18ClNO/c1-2-10-15(13(16)8-9-14)11-12-6-4-3-5-7-12/h3-7H,2,8-11H2,1H3. The number of carbonyl (C=O) groups is 1. The molecule has 0 bridgehead atoms. The van der Waals surface area contributed by atoms with Gasteiger partial charge in [0.15, 0.2) is 0 Å². The Hall–Kier alpha value is -1.02. The lowest BCUT2D eigenvalue weighted by atomic mass is 10.2. The maximum Gasteiger partial charge on any atom is 0.224 e. The van der Waals surface area contributed by atoms with Gasteiger partial charge in [-0.3, -0.25) is 4.79 Å². The summed E-state index contributed by atoms with van der Waals surface area (Å²) in [6, 6.07) is 10.0. The Morgan fingerprint density at radius 3 is 2.56 bits per heavy atom. The van der Waals surface area contributed by atoms with E-state index in [-0.39, 0.29) is 5.91 Å². The molecule has 0 aliphatic rings. The summed E-state index contributed by atoms with van der Waals surface area (Å²) in [5.41, 5.74) is 1.17. The van der Waals surface area contributed by atoms with Gasteiger partial charge in [0.2, 0.25) is 5.91 Å². The van der Waals surface area contributed by atoms with Gasteiger partial charge < -0.3 is 4.90 Å². The van der Waals surface area contributed by atoms with Gasteiger partial charge in [0.05, 0.1) is 0 Å². The summed E-state index contributed by atoms with van der Waals surface area (Å²) < 4.78 is 0.